The van der Waals surface area contributed by atoms with Gasteiger partial charge in [-0.15, -0.1) is 0 Å². The fraction of sp³-hybridized carbons (Fsp3) is 0.133. The Morgan fingerprint density at radius 2 is 1.37 bits per heavy atom. The van der Waals surface area contributed by atoms with E-state index < -0.39 is 53.1 Å². The average Bonchev–Trinajstić information content (AvgIpc) is 2.53. The van der Waals surface area contributed by atoms with Gasteiger partial charge in [0.2, 0.25) is 0 Å². The highest BCUT2D eigenvalue weighted by molar-refractivity contribution is 7.86. The largest absolute Gasteiger partial charge is 0.505 e. The summed E-state index contributed by atoms with van der Waals surface area (Å²) in [5.41, 5.74) is -0.449. The lowest BCUT2D eigenvalue weighted by Gasteiger charge is -2.13. The van der Waals surface area contributed by atoms with Gasteiger partial charge in [-0.3, -0.25) is 9.11 Å². The summed E-state index contributed by atoms with van der Waals surface area (Å²) in [7, 11) is -10.4. The van der Waals surface area contributed by atoms with Crippen LogP contribution in [0.15, 0.2) is 46.2 Å². The molecule has 0 bridgehead atoms. The molecule has 146 valence electrons. The molecule has 0 aliphatic heterocycles. The summed E-state index contributed by atoms with van der Waals surface area (Å²) in [6, 6.07) is 8.82. The third-order valence-electron chi connectivity index (χ3n) is 3.43. The average molecular weight is 418 g/mol. The summed E-state index contributed by atoms with van der Waals surface area (Å²) in [6.07, 6.45) is 0.233. The number of esters is 1. The molecule has 0 atom stereocenters. The molecule has 0 saturated heterocycles. The van der Waals surface area contributed by atoms with Gasteiger partial charge in [0.05, 0.1) is 6.61 Å². The fourth-order valence-corrected chi connectivity index (χ4v) is 3.48. The maximum absolute atomic E-state index is 12.1. The Morgan fingerprint density at radius 1 is 0.889 bits per heavy atom. The molecule has 0 spiro atoms. The van der Waals surface area contributed by atoms with Crippen molar-refractivity contribution in [2.24, 2.45) is 0 Å². The monoisotopic (exact) mass is 418 g/mol. The summed E-state index contributed by atoms with van der Waals surface area (Å²) < 4.78 is 68.2. The van der Waals surface area contributed by atoms with Crippen molar-refractivity contribution in [3.63, 3.8) is 0 Å². The molecule has 0 aliphatic carbocycles. The van der Waals surface area contributed by atoms with Crippen LogP contribution in [0.5, 0.6) is 11.5 Å². The lowest BCUT2D eigenvalue weighted by Crippen LogP contribution is -2.13. The van der Waals surface area contributed by atoms with E-state index in [0.717, 1.165) is 5.56 Å². The third-order valence-corrected chi connectivity index (χ3v) is 5.16. The highest BCUT2D eigenvalue weighted by Crippen LogP contribution is 2.39. The lowest BCUT2D eigenvalue weighted by molar-refractivity contribution is 0.0501. The van der Waals surface area contributed by atoms with E-state index in [4.69, 9.17) is 13.8 Å². The first kappa shape index (κ1) is 20.6. The van der Waals surface area contributed by atoms with E-state index in [1.807, 2.05) is 0 Å². The molecule has 0 aromatic heterocycles. The van der Waals surface area contributed by atoms with Gasteiger partial charge in [0.1, 0.15) is 15.4 Å². The molecule has 0 amide bonds. The first-order valence-electron chi connectivity index (χ1n) is 7.18. The van der Waals surface area contributed by atoms with Gasteiger partial charge in [0.15, 0.2) is 11.5 Å². The number of hydrogen-bond acceptors (Lipinski definition) is 8. The van der Waals surface area contributed by atoms with Crippen LogP contribution >= 0.6 is 0 Å². The highest BCUT2D eigenvalue weighted by atomic mass is 32.2. The molecule has 2 aromatic carbocycles. The molecule has 0 heterocycles. The zero-order valence-electron chi connectivity index (χ0n) is 13.4. The van der Waals surface area contributed by atoms with Crippen LogP contribution in [0.3, 0.4) is 0 Å². The van der Waals surface area contributed by atoms with Crippen LogP contribution in [0.1, 0.15) is 15.9 Å². The van der Waals surface area contributed by atoms with Gasteiger partial charge >= 0.3 is 5.97 Å². The Bertz CT molecular complexity index is 1020. The van der Waals surface area contributed by atoms with Crippen molar-refractivity contribution in [3.8, 4) is 11.5 Å². The second-order valence-electron chi connectivity index (χ2n) is 5.27. The molecule has 4 N–H and O–H groups in total. The van der Waals surface area contributed by atoms with Crippen LogP contribution < -0.4 is 0 Å². The number of phenolic OH excluding ortho intramolecular Hbond substituents is 2. The second kappa shape index (κ2) is 7.52. The Hall–Kier alpha value is -2.67. The molecule has 2 rings (SSSR count). The molecule has 0 unspecified atom stereocenters. The number of carbonyl (C=O) groups excluding carboxylic acids is 1. The Morgan fingerprint density at radius 3 is 1.81 bits per heavy atom. The zero-order valence-corrected chi connectivity index (χ0v) is 15.1. The van der Waals surface area contributed by atoms with E-state index in [9.17, 15) is 31.8 Å². The van der Waals surface area contributed by atoms with E-state index in [1.54, 1.807) is 30.3 Å². The molecular weight excluding hydrogens is 404 g/mol. The lowest BCUT2D eigenvalue weighted by atomic mass is 10.1. The van der Waals surface area contributed by atoms with Crippen LogP contribution in [-0.2, 0) is 31.4 Å². The van der Waals surface area contributed by atoms with Crippen molar-refractivity contribution in [3.05, 3.63) is 47.5 Å². The van der Waals surface area contributed by atoms with Gasteiger partial charge in [-0.05, 0) is 11.6 Å². The summed E-state index contributed by atoms with van der Waals surface area (Å²) in [4.78, 5) is 9.34. The van der Waals surface area contributed by atoms with E-state index in [2.05, 4.69) is 0 Å². The minimum absolute atomic E-state index is 0.107. The van der Waals surface area contributed by atoms with Crippen molar-refractivity contribution in [1.29, 1.82) is 0 Å². The third kappa shape index (κ3) is 4.74. The molecule has 2 aromatic rings. The van der Waals surface area contributed by atoms with E-state index in [1.165, 1.54) is 0 Å². The summed E-state index contributed by atoms with van der Waals surface area (Å²) in [5, 5.41) is 19.8. The van der Waals surface area contributed by atoms with Gasteiger partial charge in [-0.2, -0.15) is 16.8 Å². The first-order valence-corrected chi connectivity index (χ1v) is 10.1. The molecule has 10 nitrogen and oxygen atoms in total. The summed E-state index contributed by atoms with van der Waals surface area (Å²) >= 11 is 0. The van der Waals surface area contributed by atoms with Gasteiger partial charge in [0.25, 0.3) is 20.2 Å². The number of aromatic hydroxyl groups is 2. The van der Waals surface area contributed by atoms with Crippen LogP contribution in [0.25, 0.3) is 0 Å². The molecule has 12 heteroatoms. The Labute approximate surface area is 154 Å². The summed E-state index contributed by atoms with van der Waals surface area (Å²) in [5.74, 6) is -4.31. The normalized spacial score (nSPS) is 11.9. The SMILES string of the molecule is O=C(OCCc1ccccc1)c1c(O)c(S(=O)(=O)O)cc(S(=O)(=O)O)c1O. The molecule has 0 fully saturated rings. The number of phenols is 2. The fourth-order valence-electron chi connectivity index (χ4n) is 2.18. The van der Waals surface area contributed by atoms with Gasteiger partial charge < -0.3 is 14.9 Å². The number of ether oxygens (including phenoxy) is 1. The van der Waals surface area contributed by atoms with Gasteiger partial charge in [-0.25, -0.2) is 4.79 Å². The number of rotatable bonds is 6. The predicted molar refractivity (Wildman–Crippen MR) is 89.8 cm³/mol. The number of hydrogen-bond donors (Lipinski definition) is 4. The first-order chi connectivity index (χ1) is 12.4. The van der Waals surface area contributed by atoms with E-state index >= 15 is 0 Å². The minimum Gasteiger partial charge on any atom is -0.505 e. The second-order valence-corrected chi connectivity index (χ2v) is 8.05. The number of carbonyl (C=O) groups is 1. The maximum Gasteiger partial charge on any atom is 0.345 e. The maximum atomic E-state index is 12.1. The van der Waals surface area contributed by atoms with E-state index in [-0.39, 0.29) is 19.1 Å². The topological polar surface area (TPSA) is 175 Å². The molecule has 0 saturated carbocycles. The zero-order chi connectivity index (χ0) is 20.4. The van der Waals surface area contributed by atoms with E-state index in [0.29, 0.717) is 0 Å². The standard InChI is InChI=1S/C15H14O10S2/c16-13-10(26(19,20)21)8-11(27(22,23)24)14(17)12(13)15(18)25-7-6-9-4-2-1-3-5-9/h1-5,8,16-17H,6-7H2,(H,19,20,21)(H,22,23,24). The van der Waals surface area contributed by atoms with Gasteiger partial charge in [0, 0.05) is 6.42 Å². The smallest absolute Gasteiger partial charge is 0.345 e. The van der Waals surface area contributed by atoms with Crippen molar-refractivity contribution in [2.75, 3.05) is 6.61 Å². The van der Waals surface area contributed by atoms with Crippen LogP contribution in [0, 0.1) is 0 Å². The Balaban J connectivity index is 2.43. The molecule has 0 radical (unpaired) electrons. The number of benzene rings is 2. The van der Waals surface area contributed by atoms with Crippen molar-refractivity contribution >= 4 is 26.2 Å². The van der Waals surface area contributed by atoms with Crippen LogP contribution in [0.4, 0.5) is 0 Å². The van der Waals surface area contributed by atoms with Crippen molar-refractivity contribution < 1.29 is 45.7 Å². The minimum atomic E-state index is -5.20. The summed E-state index contributed by atoms with van der Waals surface area (Å²) in [6.45, 7) is -0.251. The van der Waals surface area contributed by atoms with Gasteiger partial charge in [-0.1, -0.05) is 30.3 Å². The molecular formula is C15H14O10S2. The van der Waals surface area contributed by atoms with Crippen molar-refractivity contribution in [1.82, 2.24) is 0 Å². The molecule has 27 heavy (non-hydrogen) atoms. The highest BCUT2D eigenvalue weighted by Gasteiger charge is 2.32. The van der Waals surface area contributed by atoms with Crippen LogP contribution in [0.2, 0.25) is 0 Å². The van der Waals surface area contributed by atoms with Crippen LogP contribution in [-0.4, -0.2) is 48.7 Å². The predicted octanol–water partition coefficient (Wildman–Crippen LogP) is 0.991. The molecule has 0 aliphatic rings. The Kier molecular flexibility index (Phi) is 5.75. The van der Waals surface area contributed by atoms with Crippen molar-refractivity contribution in [2.45, 2.75) is 16.2 Å². The quantitative estimate of drug-likeness (QED) is 0.391.